The van der Waals surface area contributed by atoms with E-state index in [0.29, 0.717) is 21.7 Å². The molecule has 18 heavy (non-hydrogen) atoms. The normalized spacial score (nSPS) is 10.5. The first-order valence-electron chi connectivity index (χ1n) is 4.88. The van der Waals surface area contributed by atoms with Gasteiger partial charge in [-0.3, -0.25) is 0 Å². The third-order valence-corrected chi connectivity index (χ3v) is 3.18. The van der Waals surface area contributed by atoms with Crippen molar-refractivity contribution in [1.29, 1.82) is 0 Å². The molecule has 0 aliphatic carbocycles. The smallest absolute Gasteiger partial charge is 0.224 e. The molecule has 0 amide bonds. The minimum atomic E-state index is -0.422. The number of aromatic nitrogens is 2. The third-order valence-electron chi connectivity index (χ3n) is 2.09. The maximum atomic E-state index is 13.1. The Balaban J connectivity index is 2.40. The largest absolute Gasteiger partial charge is 0.338 e. The van der Waals surface area contributed by atoms with Gasteiger partial charge >= 0.3 is 0 Å². The lowest BCUT2D eigenvalue weighted by atomic mass is 10.3. The Morgan fingerprint density at radius 2 is 1.94 bits per heavy atom. The molecule has 0 atom stereocenters. The van der Waals surface area contributed by atoms with E-state index in [2.05, 4.69) is 31.2 Å². The van der Waals surface area contributed by atoms with Crippen molar-refractivity contribution >= 4 is 50.6 Å². The van der Waals surface area contributed by atoms with Gasteiger partial charge in [-0.15, -0.1) is 0 Å². The molecule has 0 unspecified atom stereocenters. The fraction of sp³-hybridized carbons (Fsp3) is 0.0909. The number of anilines is 2. The van der Waals surface area contributed by atoms with Crippen LogP contribution in [0.1, 0.15) is 5.69 Å². The zero-order valence-corrected chi connectivity index (χ0v) is 12.2. The van der Waals surface area contributed by atoms with Crippen molar-refractivity contribution in [1.82, 2.24) is 9.97 Å². The van der Waals surface area contributed by atoms with Gasteiger partial charge in [0.1, 0.15) is 11.6 Å². The van der Waals surface area contributed by atoms with Crippen molar-refractivity contribution in [2.45, 2.75) is 6.92 Å². The molecular weight excluding hydrogens is 344 g/mol. The van der Waals surface area contributed by atoms with E-state index in [4.69, 9.17) is 23.2 Å². The van der Waals surface area contributed by atoms with E-state index >= 15 is 0 Å². The van der Waals surface area contributed by atoms with Crippen LogP contribution in [0, 0.1) is 12.7 Å². The molecule has 0 spiro atoms. The SMILES string of the molecule is Cc1cc(Nc2c(Cl)cc(F)cc2Br)nc(Cl)n1. The summed E-state index contributed by atoms with van der Waals surface area (Å²) in [5.74, 6) is 0.0658. The highest BCUT2D eigenvalue weighted by molar-refractivity contribution is 9.10. The lowest BCUT2D eigenvalue weighted by Gasteiger charge is -2.10. The molecule has 2 rings (SSSR count). The summed E-state index contributed by atoms with van der Waals surface area (Å²) in [6.45, 7) is 1.79. The minimum absolute atomic E-state index is 0.131. The van der Waals surface area contributed by atoms with Crippen molar-refractivity contribution < 1.29 is 4.39 Å². The maximum Gasteiger partial charge on any atom is 0.224 e. The van der Waals surface area contributed by atoms with E-state index in [0.717, 1.165) is 0 Å². The monoisotopic (exact) mass is 349 g/mol. The van der Waals surface area contributed by atoms with E-state index in [9.17, 15) is 4.39 Å². The van der Waals surface area contributed by atoms with Gasteiger partial charge < -0.3 is 5.32 Å². The number of benzene rings is 1. The molecule has 0 radical (unpaired) electrons. The molecule has 0 saturated heterocycles. The number of aryl methyl sites for hydroxylation is 1. The van der Waals surface area contributed by atoms with Gasteiger partial charge in [-0.1, -0.05) is 11.6 Å². The standard InChI is InChI=1S/C11H7BrCl2FN3/c1-5-2-9(18-11(14)16-5)17-10-7(12)3-6(15)4-8(10)13/h2-4H,1H3,(H,16,17,18). The van der Waals surface area contributed by atoms with E-state index in [-0.39, 0.29) is 10.3 Å². The lowest BCUT2D eigenvalue weighted by molar-refractivity contribution is 0.627. The van der Waals surface area contributed by atoms with Crippen molar-refractivity contribution in [2.75, 3.05) is 5.32 Å². The first kappa shape index (κ1) is 13.5. The number of halogens is 4. The topological polar surface area (TPSA) is 37.8 Å². The summed E-state index contributed by atoms with van der Waals surface area (Å²) in [4.78, 5) is 7.95. The summed E-state index contributed by atoms with van der Waals surface area (Å²) >= 11 is 14.9. The van der Waals surface area contributed by atoms with Crippen LogP contribution < -0.4 is 5.32 Å². The lowest BCUT2D eigenvalue weighted by Crippen LogP contribution is -1.98. The van der Waals surface area contributed by atoms with Crippen LogP contribution in [-0.4, -0.2) is 9.97 Å². The molecule has 3 nitrogen and oxygen atoms in total. The van der Waals surface area contributed by atoms with Crippen molar-refractivity contribution in [3.05, 3.63) is 44.5 Å². The summed E-state index contributed by atoms with van der Waals surface area (Å²) < 4.78 is 13.6. The molecule has 0 bridgehead atoms. The van der Waals surface area contributed by atoms with E-state index < -0.39 is 5.82 Å². The first-order chi connectivity index (χ1) is 8.45. The van der Waals surface area contributed by atoms with Gasteiger partial charge in [-0.2, -0.15) is 0 Å². The van der Waals surface area contributed by atoms with Gasteiger partial charge in [-0.05, 0) is 46.6 Å². The highest BCUT2D eigenvalue weighted by Crippen LogP contribution is 2.33. The zero-order chi connectivity index (χ0) is 13.3. The summed E-state index contributed by atoms with van der Waals surface area (Å²) in [7, 11) is 0. The number of nitrogens with zero attached hydrogens (tertiary/aromatic N) is 2. The molecular formula is C11H7BrCl2FN3. The molecule has 0 fully saturated rings. The van der Waals surface area contributed by atoms with Crippen LogP contribution in [0.3, 0.4) is 0 Å². The number of hydrogen-bond donors (Lipinski definition) is 1. The Bertz CT molecular complexity index is 564. The molecule has 0 aliphatic heterocycles. The number of hydrogen-bond acceptors (Lipinski definition) is 3. The highest BCUT2D eigenvalue weighted by Gasteiger charge is 2.10. The summed E-state index contributed by atoms with van der Waals surface area (Å²) in [6, 6.07) is 4.23. The quantitative estimate of drug-likeness (QED) is 0.795. The van der Waals surface area contributed by atoms with Gasteiger partial charge in [0, 0.05) is 16.2 Å². The van der Waals surface area contributed by atoms with Crippen molar-refractivity contribution in [3.8, 4) is 0 Å². The molecule has 1 aromatic heterocycles. The van der Waals surface area contributed by atoms with Crippen LogP contribution in [0.25, 0.3) is 0 Å². The van der Waals surface area contributed by atoms with E-state index in [1.165, 1.54) is 12.1 Å². The summed E-state index contributed by atoms with van der Waals surface area (Å²) in [6.07, 6.45) is 0. The maximum absolute atomic E-state index is 13.1. The van der Waals surface area contributed by atoms with Gasteiger partial charge in [0.15, 0.2) is 0 Å². The van der Waals surface area contributed by atoms with Gasteiger partial charge in [0.05, 0.1) is 10.7 Å². The molecule has 1 heterocycles. The predicted octanol–water partition coefficient (Wildman–Crippen LogP) is 4.74. The first-order valence-corrected chi connectivity index (χ1v) is 6.43. The van der Waals surface area contributed by atoms with Gasteiger partial charge in [0.2, 0.25) is 5.28 Å². The van der Waals surface area contributed by atoms with Crippen LogP contribution in [0.15, 0.2) is 22.7 Å². The number of nitrogens with one attached hydrogen (secondary N) is 1. The number of rotatable bonds is 2. The average molecular weight is 351 g/mol. The Labute approximate surface area is 121 Å². The molecule has 94 valence electrons. The van der Waals surface area contributed by atoms with Crippen LogP contribution in [0.5, 0.6) is 0 Å². The van der Waals surface area contributed by atoms with Crippen LogP contribution in [-0.2, 0) is 0 Å². The van der Waals surface area contributed by atoms with E-state index in [1.807, 2.05) is 0 Å². The third kappa shape index (κ3) is 3.10. The minimum Gasteiger partial charge on any atom is -0.338 e. The second kappa shape index (κ2) is 5.38. The van der Waals surface area contributed by atoms with Crippen LogP contribution in [0.2, 0.25) is 10.3 Å². The summed E-state index contributed by atoms with van der Waals surface area (Å²) in [5, 5.41) is 3.34. The fourth-order valence-corrected chi connectivity index (χ4v) is 2.51. The highest BCUT2D eigenvalue weighted by atomic mass is 79.9. The van der Waals surface area contributed by atoms with Crippen molar-refractivity contribution in [3.63, 3.8) is 0 Å². The second-order valence-corrected chi connectivity index (χ2v) is 5.13. The average Bonchev–Trinajstić information content (AvgIpc) is 2.22. The van der Waals surface area contributed by atoms with Gasteiger partial charge in [0.25, 0.3) is 0 Å². The van der Waals surface area contributed by atoms with Crippen molar-refractivity contribution in [2.24, 2.45) is 0 Å². The fourth-order valence-electron chi connectivity index (χ4n) is 1.39. The molecule has 1 aromatic carbocycles. The Morgan fingerprint density at radius 3 is 2.56 bits per heavy atom. The zero-order valence-electron chi connectivity index (χ0n) is 9.14. The Morgan fingerprint density at radius 1 is 1.22 bits per heavy atom. The van der Waals surface area contributed by atoms with E-state index in [1.54, 1.807) is 13.0 Å². The Hall–Kier alpha value is -0.910. The van der Waals surface area contributed by atoms with Crippen LogP contribution >= 0.6 is 39.1 Å². The molecule has 1 N–H and O–H groups in total. The molecule has 0 saturated carbocycles. The summed E-state index contributed by atoms with van der Waals surface area (Å²) in [5.41, 5.74) is 1.24. The molecule has 2 aromatic rings. The Kier molecular flexibility index (Phi) is 4.04. The second-order valence-electron chi connectivity index (χ2n) is 3.53. The molecule has 0 aliphatic rings. The molecule has 7 heteroatoms. The predicted molar refractivity (Wildman–Crippen MR) is 74.2 cm³/mol. The van der Waals surface area contributed by atoms with Crippen LogP contribution in [0.4, 0.5) is 15.9 Å². The van der Waals surface area contributed by atoms with Gasteiger partial charge in [-0.25, -0.2) is 14.4 Å².